The Morgan fingerprint density at radius 1 is 1.42 bits per heavy atom. The van der Waals surface area contributed by atoms with Crippen LogP contribution >= 0.6 is 15.9 Å². The molecule has 130 valence electrons. The number of carbonyl (C=O) groups is 1. The number of rotatable bonds is 2. The molecule has 8 heteroatoms. The summed E-state index contributed by atoms with van der Waals surface area (Å²) in [5.41, 5.74) is 1.30. The molecule has 1 aromatic rings. The van der Waals surface area contributed by atoms with Gasteiger partial charge in [0.15, 0.2) is 0 Å². The lowest BCUT2D eigenvalue weighted by Gasteiger charge is -2.21. The minimum atomic E-state index is -0.540. The smallest absolute Gasteiger partial charge is 0.491 e. The zero-order valence-electron chi connectivity index (χ0n) is 14.2. The molecule has 1 aromatic carbocycles. The van der Waals surface area contributed by atoms with Crippen molar-refractivity contribution in [2.45, 2.75) is 45.5 Å². The number of hydrogen-bond acceptors (Lipinski definition) is 5. The van der Waals surface area contributed by atoms with Crippen LogP contribution in [0.25, 0.3) is 0 Å². The maximum atomic E-state index is 11.9. The second-order valence-corrected chi connectivity index (χ2v) is 7.82. The molecule has 1 unspecified atom stereocenters. The highest BCUT2D eigenvalue weighted by atomic mass is 79.9. The van der Waals surface area contributed by atoms with E-state index in [1.807, 2.05) is 39.8 Å². The van der Waals surface area contributed by atoms with E-state index in [0.29, 0.717) is 6.61 Å². The molecule has 24 heavy (non-hydrogen) atoms. The zero-order valence-corrected chi connectivity index (χ0v) is 15.8. The molecular formula is C16H21BBrNO5. The van der Waals surface area contributed by atoms with Gasteiger partial charge in [0, 0.05) is 16.5 Å². The summed E-state index contributed by atoms with van der Waals surface area (Å²) in [6.45, 7) is 8.19. The van der Waals surface area contributed by atoms with Crippen LogP contribution < -0.4 is 15.5 Å². The van der Waals surface area contributed by atoms with Crippen LogP contribution in [0.1, 0.15) is 39.4 Å². The predicted molar refractivity (Wildman–Crippen MR) is 93.6 cm³/mol. The topological polar surface area (TPSA) is 66.0 Å². The van der Waals surface area contributed by atoms with Crippen molar-refractivity contribution in [1.82, 2.24) is 5.32 Å². The predicted octanol–water partition coefficient (Wildman–Crippen LogP) is 2.54. The summed E-state index contributed by atoms with van der Waals surface area (Å²) >= 11 is 3.56. The monoisotopic (exact) mass is 397 g/mol. The van der Waals surface area contributed by atoms with Crippen molar-refractivity contribution in [2.24, 2.45) is 0 Å². The Labute approximate surface area is 150 Å². The van der Waals surface area contributed by atoms with Gasteiger partial charge in [0.1, 0.15) is 18.0 Å². The van der Waals surface area contributed by atoms with Crippen molar-refractivity contribution < 1.29 is 23.6 Å². The Bertz CT molecular complexity index is 648. The number of hydrogen-bond donors (Lipinski definition) is 1. The van der Waals surface area contributed by atoms with Gasteiger partial charge in [-0.1, -0.05) is 15.9 Å². The molecule has 1 N–H and O–H groups in total. The van der Waals surface area contributed by atoms with E-state index in [-0.39, 0.29) is 18.8 Å². The summed E-state index contributed by atoms with van der Waals surface area (Å²) in [5.74, 6) is 0.766. The van der Waals surface area contributed by atoms with Gasteiger partial charge in [0.2, 0.25) is 0 Å². The van der Waals surface area contributed by atoms with Gasteiger partial charge >= 0.3 is 13.2 Å². The second kappa shape index (κ2) is 6.57. The van der Waals surface area contributed by atoms with Gasteiger partial charge in [-0.15, -0.1) is 0 Å². The lowest BCUT2D eigenvalue weighted by molar-refractivity contribution is 0.0485. The minimum absolute atomic E-state index is 0.0772. The summed E-state index contributed by atoms with van der Waals surface area (Å²) in [5, 5.41) is 2.76. The van der Waals surface area contributed by atoms with Gasteiger partial charge in [0.05, 0.1) is 12.2 Å². The van der Waals surface area contributed by atoms with E-state index in [2.05, 4.69) is 21.2 Å². The summed E-state index contributed by atoms with van der Waals surface area (Å²) in [6.07, 6.45) is -0.881. The standard InChI is InChI=1S/C16H21BBrNO5/c1-9-8-21-11-6-5-10(18)13-12(24-17(23-9)14(11)13)7-19-15(20)22-16(2,3)4/h5-6,9,12H,7-8H2,1-4H3,(H,19,20)/t9?,12-/m1/s1. The molecule has 0 fully saturated rings. The number of alkyl carbamates (subject to hydrolysis) is 1. The van der Waals surface area contributed by atoms with Crippen molar-refractivity contribution in [3.63, 3.8) is 0 Å². The molecule has 2 atom stereocenters. The number of ether oxygens (including phenoxy) is 2. The number of nitrogens with one attached hydrogen (secondary N) is 1. The van der Waals surface area contributed by atoms with Gasteiger partial charge in [-0.05, 0) is 45.4 Å². The third-order valence-corrected chi connectivity index (χ3v) is 4.39. The third-order valence-electron chi connectivity index (χ3n) is 3.70. The van der Waals surface area contributed by atoms with E-state index in [1.165, 1.54) is 0 Å². The molecule has 0 aromatic heterocycles. The van der Waals surface area contributed by atoms with Crippen molar-refractivity contribution >= 4 is 34.6 Å². The highest BCUT2D eigenvalue weighted by Gasteiger charge is 2.44. The van der Waals surface area contributed by atoms with E-state index in [0.717, 1.165) is 21.2 Å². The van der Waals surface area contributed by atoms with Gasteiger partial charge in [-0.25, -0.2) is 4.79 Å². The largest absolute Gasteiger partial charge is 0.498 e. The van der Waals surface area contributed by atoms with Crippen molar-refractivity contribution in [3.05, 3.63) is 22.2 Å². The second-order valence-electron chi connectivity index (χ2n) is 6.97. The molecule has 1 amide bonds. The fourth-order valence-corrected chi connectivity index (χ4v) is 3.37. The molecule has 2 aliphatic rings. The fourth-order valence-electron chi connectivity index (χ4n) is 2.77. The molecule has 2 aliphatic heterocycles. The number of benzene rings is 1. The molecule has 3 rings (SSSR count). The van der Waals surface area contributed by atoms with Crippen LogP contribution in [0.3, 0.4) is 0 Å². The Morgan fingerprint density at radius 3 is 2.88 bits per heavy atom. The first-order chi connectivity index (χ1) is 11.2. The van der Waals surface area contributed by atoms with Gasteiger partial charge < -0.3 is 24.1 Å². The van der Waals surface area contributed by atoms with Crippen molar-refractivity contribution in [1.29, 1.82) is 0 Å². The van der Waals surface area contributed by atoms with E-state index in [4.69, 9.17) is 18.8 Å². The quantitative estimate of drug-likeness (QED) is 0.776. The molecule has 2 heterocycles. The van der Waals surface area contributed by atoms with Crippen LogP contribution in [0.15, 0.2) is 16.6 Å². The molecule has 0 saturated heterocycles. The first-order valence-electron chi connectivity index (χ1n) is 7.97. The lowest BCUT2D eigenvalue weighted by Crippen LogP contribution is -2.36. The number of amides is 1. The molecule has 0 spiro atoms. The lowest BCUT2D eigenvalue weighted by atomic mass is 9.77. The van der Waals surface area contributed by atoms with Crippen molar-refractivity contribution in [2.75, 3.05) is 13.2 Å². The third kappa shape index (κ3) is 3.71. The SMILES string of the molecule is CC1COc2ccc(Br)c3c2B(O1)O[C@@H]3CNC(=O)OC(C)(C)C. The van der Waals surface area contributed by atoms with Gasteiger partial charge in [-0.3, -0.25) is 0 Å². The Morgan fingerprint density at radius 2 is 2.17 bits per heavy atom. The average molecular weight is 398 g/mol. The first-order valence-corrected chi connectivity index (χ1v) is 8.77. The van der Waals surface area contributed by atoms with E-state index in [1.54, 1.807) is 0 Å². The Kier molecular flexibility index (Phi) is 4.81. The van der Waals surface area contributed by atoms with E-state index >= 15 is 0 Å². The molecule has 0 saturated carbocycles. The molecule has 0 radical (unpaired) electrons. The molecular weight excluding hydrogens is 377 g/mol. The minimum Gasteiger partial charge on any atom is -0.491 e. The summed E-state index contributed by atoms with van der Waals surface area (Å²) in [4.78, 5) is 11.9. The van der Waals surface area contributed by atoms with E-state index in [9.17, 15) is 4.79 Å². The Hall–Kier alpha value is -1.25. The van der Waals surface area contributed by atoms with Crippen LogP contribution in [-0.2, 0) is 14.0 Å². The molecule has 0 bridgehead atoms. The average Bonchev–Trinajstić information content (AvgIpc) is 2.74. The van der Waals surface area contributed by atoms with Crippen LogP contribution in [-0.4, -0.2) is 38.1 Å². The molecule has 6 nitrogen and oxygen atoms in total. The Balaban J connectivity index is 1.78. The highest BCUT2D eigenvalue weighted by Crippen LogP contribution is 2.35. The van der Waals surface area contributed by atoms with E-state index < -0.39 is 18.8 Å². The summed E-state index contributed by atoms with van der Waals surface area (Å²) in [6, 6.07) is 3.83. The van der Waals surface area contributed by atoms with Crippen LogP contribution in [0.4, 0.5) is 4.79 Å². The summed E-state index contributed by atoms with van der Waals surface area (Å²) < 4.78 is 23.9. The van der Waals surface area contributed by atoms with Gasteiger partial charge in [0.25, 0.3) is 0 Å². The highest BCUT2D eigenvalue weighted by molar-refractivity contribution is 9.10. The number of carbonyl (C=O) groups excluding carboxylic acids is 1. The van der Waals surface area contributed by atoms with Crippen molar-refractivity contribution in [3.8, 4) is 5.75 Å². The normalized spacial score (nSPS) is 22.5. The zero-order chi connectivity index (χ0) is 17.5. The number of halogens is 1. The summed E-state index contributed by atoms with van der Waals surface area (Å²) in [7, 11) is -0.490. The fraction of sp³-hybridized carbons (Fsp3) is 0.562. The first kappa shape index (κ1) is 17.6. The maximum Gasteiger partial charge on any atom is 0.498 e. The van der Waals surface area contributed by atoms with Crippen LogP contribution in [0, 0.1) is 0 Å². The molecule has 0 aliphatic carbocycles. The van der Waals surface area contributed by atoms with Crippen LogP contribution in [0.2, 0.25) is 0 Å². The maximum absolute atomic E-state index is 11.9. The van der Waals surface area contributed by atoms with Gasteiger partial charge in [-0.2, -0.15) is 0 Å². The van der Waals surface area contributed by atoms with Crippen LogP contribution in [0.5, 0.6) is 5.75 Å².